The first-order chi connectivity index (χ1) is 23.4. The molecule has 2 aromatic heterocycles. The average Bonchev–Trinajstić information content (AvgIpc) is 3.45. The van der Waals surface area contributed by atoms with Crippen LogP contribution in [0.25, 0.3) is 22.2 Å². The molecule has 0 bridgehead atoms. The van der Waals surface area contributed by atoms with Crippen LogP contribution in [0.4, 0.5) is 0 Å². The first kappa shape index (κ1) is 31.9. The third-order valence-electron chi connectivity index (χ3n) is 8.30. The van der Waals surface area contributed by atoms with E-state index in [-0.39, 0.29) is 35.6 Å². The molecule has 4 aromatic carbocycles. The van der Waals surface area contributed by atoms with E-state index in [0.29, 0.717) is 30.2 Å². The Hall–Kier alpha value is -4.64. The van der Waals surface area contributed by atoms with Crippen LogP contribution in [-0.2, 0) is 29.2 Å². The van der Waals surface area contributed by atoms with Crippen LogP contribution in [0.1, 0.15) is 51.6 Å². The summed E-state index contributed by atoms with van der Waals surface area (Å²) in [5.41, 5.74) is 7.25. The second kappa shape index (κ2) is 14.2. The second-order valence-electron chi connectivity index (χ2n) is 11.6. The van der Waals surface area contributed by atoms with Gasteiger partial charge in [0.1, 0.15) is 10.8 Å². The molecule has 0 saturated carbocycles. The molecular weight excluding hydrogens is 649 g/mol. The predicted molar refractivity (Wildman–Crippen MR) is 183 cm³/mol. The molecule has 11 heteroatoms. The number of carbonyl (C=O) groups is 1. The number of amides is 1. The monoisotopic (exact) mass is 679 g/mol. The van der Waals surface area contributed by atoms with Gasteiger partial charge in [-0.3, -0.25) is 9.78 Å². The van der Waals surface area contributed by atoms with Gasteiger partial charge in [0.25, 0.3) is 5.91 Å². The number of nitrogens with zero attached hydrogens (tertiary/aromatic N) is 4. The van der Waals surface area contributed by atoms with Gasteiger partial charge in [-0.05, 0) is 52.1 Å². The second-order valence-corrected chi connectivity index (χ2v) is 12.3. The molecule has 2 N–H and O–H groups in total. The SMILES string of the molecule is O=C(NCc1cccc(-c2cccc([C@H]3O[C@@H](Cn4cnc(Cl)c4Cl)C[C@@H](c4ccc(CO)cc4)O3)c2)c1)c1cnc2ccccc2n1. The molecular formula is C37H31Cl2N5O4. The van der Waals surface area contributed by atoms with Crippen LogP contribution in [0, 0.1) is 0 Å². The fraction of sp³-hybridized carbons (Fsp3) is 0.189. The van der Waals surface area contributed by atoms with Gasteiger partial charge in [-0.15, -0.1) is 0 Å². The molecule has 1 fully saturated rings. The molecule has 3 atom stereocenters. The maximum atomic E-state index is 12.9. The topological polar surface area (TPSA) is 111 Å². The van der Waals surface area contributed by atoms with Crippen molar-refractivity contribution in [1.29, 1.82) is 0 Å². The van der Waals surface area contributed by atoms with Crippen molar-refractivity contribution in [3.63, 3.8) is 0 Å². The zero-order valence-electron chi connectivity index (χ0n) is 25.7. The summed E-state index contributed by atoms with van der Waals surface area (Å²) in [6.07, 6.45) is 2.51. The third kappa shape index (κ3) is 7.11. The molecule has 3 heterocycles. The zero-order chi connectivity index (χ0) is 33.0. The number of hydrogen-bond acceptors (Lipinski definition) is 7. The maximum Gasteiger partial charge on any atom is 0.271 e. The molecule has 1 aliphatic heterocycles. The van der Waals surface area contributed by atoms with E-state index in [9.17, 15) is 9.90 Å². The summed E-state index contributed by atoms with van der Waals surface area (Å²) < 4.78 is 14.8. The number of imidazole rings is 1. The van der Waals surface area contributed by atoms with E-state index in [1.54, 1.807) is 10.9 Å². The lowest BCUT2D eigenvalue weighted by atomic mass is 9.98. The van der Waals surface area contributed by atoms with Gasteiger partial charge >= 0.3 is 0 Å². The maximum absolute atomic E-state index is 12.9. The summed E-state index contributed by atoms with van der Waals surface area (Å²) in [6, 6.07) is 31.3. The van der Waals surface area contributed by atoms with Crippen molar-refractivity contribution in [2.24, 2.45) is 0 Å². The summed E-state index contributed by atoms with van der Waals surface area (Å²) >= 11 is 12.5. The number of hydrogen-bond donors (Lipinski definition) is 2. The molecule has 0 radical (unpaired) electrons. The molecule has 9 nitrogen and oxygen atoms in total. The Labute approximate surface area is 287 Å². The van der Waals surface area contributed by atoms with Crippen molar-refractivity contribution >= 4 is 40.1 Å². The number of fused-ring (bicyclic) bond motifs is 1. The van der Waals surface area contributed by atoms with E-state index in [2.05, 4.69) is 26.3 Å². The third-order valence-corrected chi connectivity index (χ3v) is 9.07. The number of nitrogens with one attached hydrogen (secondary N) is 1. The number of aliphatic hydroxyl groups excluding tert-OH is 1. The smallest absolute Gasteiger partial charge is 0.271 e. The van der Waals surface area contributed by atoms with Crippen molar-refractivity contribution < 1.29 is 19.4 Å². The van der Waals surface area contributed by atoms with E-state index >= 15 is 0 Å². The number of aliphatic hydroxyl groups is 1. The Balaban J connectivity index is 1.09. The largest absolute Gasteiger partial charge is 0.392 e. The summed E-state index contributed by atoms with van der Waals surface area (Å²) in [5, 5.41) is 13.1. The minimum atomic E-state index is -0.658. The van der Waals surface area contributed by atoms with E-state index in [1.807, 2.05) is 91.0 Å². The highest BCUT2D eigenvalue weighted by Gasteiger charge is 2.33. The zero-order valence-corrected chi connectivity index (χ0v) is 27.2. The lowest BCUT2D eigenvalue weighted by Crippen LogP contribution is -2.32. The van der Waals surface area contributed by atoms with Gasteiger partial charge in [-0.1, -0.05) is 96.0 Å². The number of carbonyl (C=O) groups excluding carboxylic acids is 1. The van der Waals surface area contributed by atoms with Crippen molar-refractivity contribution in [1.82, 2.24) is 24.8 Å². The number of halogens is 2. The molecule has 48 heavy (non-hydrogen) atoms. The predicted octanol–water partition coefficient (Wildman–Crippen LogP) is 7.47. The molecule has 1 aliphatic rings. The quantitative estimate of drug-likeness (QED) is 0.163. The first-order valence-corrected chi connectivity index (χ1v) is 16.2. The van der Waals surface area contributed by atoms with Gasteiger partial charge in [0, 0.05) is 18.5 Å². The van der Waals surface area contributed by atoms with Gasteiger partial charge in [0.2, 0.25) is 0 Å². The van der Waals surface area contributed by atoms with Crippen LogP contribution >= 0.6 is 23.2 Å². The van der Waals surface area contributed by atoms with Gasteiger partial charge < -0.3 is 24.5 Å². The van der Waals surface area contributed by atoms with Crippen LogP contribution in [0.5, 0.6) is 0 Å². The van der Waals surface area contributed by atoms with Crippen molar-refractivity contribution in [3.8, 4) is 11.1 Å². The summed E-state index contributed by atoms with van der Waals surface area (Å²) in [6.45, 7) is 0.746. The van der Waals surface area contributed by atoms with E-state index in [4.69, 9.17) is 32.7 Å². The number of benzene rings is 4. The molecule has 242 valence electrons. The molecule has 6 aromatic rings. The number of rotatable bonds is 9. The molecule has 1 saturated heterocycles. The highest BCUT2D eigenvalue weighted by Crippen LogP contribution is 2.39. The Morgan fingerprint density at radius 2 is 1.62 bits per heavy atom. The standard InChI is InChI=1S/C37H31Cl2N5O4/c38-34-35(39)44(22-42-34)20-29-17-33(25-13-11-23(21-45)12-14-25)48-37(47-29)28-8-4-7-27(16-28)26-6-3-5-24(15-26)18-41-36(46)32-19-40-30-9-1-2-10-31(30)43-32/h1-16,19,22,29,33,37,45H,17-18,20-21H2,(H,41,46)/t29-,33+,37+/m1/s1. The Morgan fingerprint density at radius 3 is 2.40 bits per heavy atom. The van der Waals surface area contributed by atoms with Gasteiger partial charge in [-0.2, -0.15) is 0 Å². The van der Waals surface area contributed by atoms with Crippen molar-refractivity contribution in [2.75, 3.05) is 0 Å². The Kier molecular flexibility index (Phi) is 9.47. The van der Waals surface area contributed by atoms with E-state index < -0.39 is 6.29 Å². The molecule has 0 aliphatic carbocycles. The van der Waals surface area contributed by atoms with Crippen molar-refractivity contribution in [3.05, 3.63) is 148 Å². The van der Waals surface area contributed by atoms with Crippen LogP contribution in [0.3, 0.4) is 0 Å². The molecule has 0 unspecified atom stereocenters. The number of para-hydroxylation sites is 2. The van der Waals surface area contributed by atoms with Gasteiger partial charge in [0.15, 0.2) is 11.4 Å². The normalized spacial score (nSPS) is 17.8. The minimum absolute atomic E-state index is 0.0282. The van der Waals surface area contributed by atoms with Gasteiger partial charge in [-0.25, -0.2) is 9.97 Å². The molecule has 1 amide bonds. The summed E-state index contributed by atoms with van der Waals surface area (Å²) in [7, 11) is 0. The average molecular weight is 681 g/mol. The lowest BCUT2D eigenvalue weighted by Gasteiger charge is -2.36. The van der Waals surface area contributed by atoms with Crippen LogP contribution in [0.15, 0.2) is 110 Å². The first-order valence-electron chi connectivity index (χ1n) is 15.5. The van der Waals surface area contributed by atoms with Gasteiger partial charge in [0.05, 0.1) is 48.9 Å². The van der Waals surface area contributed by atoms with E-state index in [1.165, 1.54) is 6.20 Å². The summed E-state index contributed by atoms with van der Waals surface area (Å²) in [4.78, 5) is 25.8. The van der Waals surface area contributed by atoms with Crippen LogP contribution < -0.4 is 5.32 Å². The molecule has 0 spiro atoms. The Morgan fingerprint density at radius 1 is 0.854 bits per heavy atom. The minimum Gasteiger partial charge on any atom is -0.392 e. The number of ether oxygens (including phenoxy) is 2. The fourth-order valence-electron chi connectivity index (χ4n) is 5.79. The van der Waals surface area contributed by atoms with Crippen LogP contribution in [0.2, 0.25) is 10.3 Å². The Bertz CT molecular complexity index is 2070. The highest BCUT2D eigenvalue weighted by molar-refractivity contribution is 6.40. The fourth-order valence-corrected chi connectivity index (χ4v) is 6.10. The summed E-state index contributed by atoms with van der Waals surface area (Å²) in [5.74, 6) is -0.290. The highest BCUT2D eigenvalue weighted by atomic mass is 35.5. The van der Waals surface area contributed by atoms with Crippen molar-refractivity contribution in [2.45, 2.75) is 44.6 Å². The lowest BCUT2D eigenvalue weighted by molar-refractivity contribution is -0.252. The number of aromatic nitrogens is 4. The van der Waals surface area contributed by atoms with Crippen LogP contribution in [-0.4, -0.2) is 36.6 Å². The molecule has 7 rings (SSSR count). The van der Waals surface area contributed by atoms with E-state index in [0.717, 1.165) is 38.9 Å².